The van der Waals surface area contributed by atoms with Crippen LogP contribution in [0.15, 0.2) is 61.2 Å². The van der Waals surface area contributed by atoms with Gasteiger partial charge >= 0.3 is 0 Å². The maximum absolute atomic E-state index is 12.7. The van der Waals surface area contributed by atoms with Gasteiger partial charge in [-0.15, -0.1) is 0 Å². The molecule has 4 aromatic rings. The van der Waals surface area contributed by atoms with Crippen molar-refractivity contribution in [3.05, 3.63) is 66.7 Å². The van der Waals surface area contributed by atoms with Crippen LogP contribution in [0, 0.1) is 0 Å². The predicted molar refractivity (Wildman–Crippen MR) is 125 cm³/mol. The highest BCUT2D eigenvalue weighted by Crippen LogP contribution is 2.34. The topological polar surface area (TPSA) is 85.2 Å². The number of hydrogen-bond acceptors (Lipinski definition) is 6. The van der Waals surface area contributed by atoms with E-state index in [4.69, 9.17) is 4.74 Å². The number of hydrogen-bond donors (Lipinski definition) is 1. The van der Waals surface area contributed by atoms with E-state index in [1.54, 1.807) is 13.3 Å². The molecule has 166 valence electrons. The molecule has 0 atom stereocenters. The number of amides is 1. The number of fused-ring (bicyclic) bond motifs is 1. The van der Waals surface area contributed by atoms with Crippen molar-refractivity contribution in [2.45, 2.75) is 24.9 Å². The highest BCUT2D eigenvalue weighted by atomic mass is 16.5. The molecule has 1 aliphatic carbocycles. The number of ether oxygens (including phenoxy) is 1. The first kappa shape index (κ1) is 19.7. The van der Waals surface area contributed by atoms with E-state index < -0.39 is 0 Å². The van der Waals surface area contributed by atoms with Crippen LogP contribution in [0.5, 0.6) is 5.88 Å². The first-order valence-electron chi connectivity index (χ1n) is 11.2. The van der Waals surface area contributed by atoms with E-state index in [2.05, 4.69) is 32.5 Å². The molecular formula is C25H24N6O2. The maximum atomic E-state index is 12.7. The Hall–Kier alpha value is -3.94. The number of carbonyl (C=O) groups excluding carboxylic acids is 1. The Morgan fingerprint density at radius 2 is 1.94 bits per heavy atom. The third-order valence-corrected chi connectivity index (χ3v) is 6.25. The molecule has 1 aliphatic heterocycles. The molecule has 2 aliphatic rings. The van der Waals surface area contributed by atoms with Crippen LogP contribution in [0.25, 0.3) is 22.0 Å². The summed E-state index contributed by atoms with van der Waals surface area (Å²) in [5.41, 5.74) is 4.61. The Kier molecular flexibility index (Phi) is 4.71. The Bertz CT molecular complexity index is 1340. The van der Waals surface area contributed by atoms with Crippen LogP contribution in [0.4, 0.5) is 5.69 Å². The summed E-state index contributed by atoms with van der Waals surface area (Å²) in [7, 11) is 1.62. The van der Waals surface area contributed by atoms with Gasteiger partial charge in [-0.1, -0.05) is 6.07 Å². The molecule has 0 unspecified atom stereocenters. The number of benzene rings is 1. The molecule has 6 rings (SSSR count). The van der Waals surface area contributed by atoms with Crippen molar-refractivity contribution in [1.82, 2.24) is 24.6 Å². The van der Waals surface area contributed by atoms with Crippen LogP contribution in [0.2, 0.25) is 0 Å². The van der Waals surface area contributed by atoms with E-state index in [0.29, 0.717) is 30.6 Å². The van der Waals surface area contributed by atoms with Gasteiger partial charge in [-0.25, -0.2) is 4.98 Å². The summed E-state index contributed by atoms with van der Waals surface area (Å²) in [4.78, 5) is 23.4. The van der Waals surface area contributed by atoms with Gasteiger partial charge in [-0.3, -0.25) is 14.5 Å². The van der Waals surface area contributed by atoms with E-state index in [1.165, 1.54) is 0 Å². The molecule has 0 bridgehead atoms. The predicted octanol–water partition coefficient (Wildman–Crippen LogP) is 3.77. The lowest BCUT2D eigenvalue weighted by Crippen LogP contribution is -2.56. The fraction of sp³-hybridized carbons (Fsp3) is 0.280. The summed E-state index contributed by atoms with van der Waals surface area (Å²) in [5.74, 6) is 0.654. The summed E-state index contributed by atoms with van der Waals surface area (Å²) in [6.45, 7) is 1.34. The van der Waals surface area contributed by atoms with Crippen LogP contribution >= 0.6 is 0 Å². The van der Waals surface area contributed by atoms with Gasteiger partial charge in [0.2, 0.25) is 5.88 Å². The highest BCUT2D eigenvalue weighted by Gasteiger charge is 2.32. The molecule has 0 spiro atoms. The van der Waals surface area contributed by atoms with E-state index in [-0.39, 0.29) is 11.9 Å². The molecule has 3 aromatic heterocycles. The second-order valence-electron chi connectivity index (χ2n) is 8.71. The van der Waals surface area contributed by atoms with Crippen LogP contribution in [0.3, 0.4) is 0 Å². The van der Waals surface area contributed by atoms with Crippen molar-refractivity contribution in [3.63, 3.8) is 0 Å². The van der Waals surface area contributed by atoms with Gasteiger partial charge in [0.1, 0.15) is 0 Å². The quantitative estimate of drug-likeness (QED) is 0.491. The molecule has 1 amide bonds. The summed E-state index contributed by atoms with van der Waals surface area (Å²) >= 11 is 0. The zero-order chi connectivity index (χ0) is 22.4. The van der Waals surface area contributed by atoms with Crippen molar-refractivity contribution in [1.29, 1.82) is 0 Å². The summed E-state index contributed by atoms with van der Waals surface area (Å²) in [5, 5.41) is 8.88. The number of carbonyl (C=O) groups is 1. The summed E-state index contributed by atoms with van der Waals surface area (Å²) in [6.07, 6.45) is 9.55. The molecule has 1 N–H and O–H groups in total. The minimum Gasteiger partial charge on any atom is -0.481 e. The normalized spacial score (nSPS) is 16.0. The molecule has 8 heteroatoms. The molecule has 1 saturated carbocycles. The highest BCUT2D eigenvalue weighted by molar-refractivity contribution is 5.94. The van der Waals surface area contributed by atoms with Gasteiger partial charge in [0.15, 0.2) is 0 Å². The molecule has 8 nitrogen and oxygen atoms in total. The second-order valence-corrected chi connectivity index (χ2v) is 8.71. The van der Waals surface area contributed by atoms with Gasteiger partial charge in [-0.05, 0) is 42.7 Å². The van der Waals surface area contributed by atoms with Crippen molar-refractivity contribution in [2.75, 3.05) is 25.5 Å². The lowest BCUT2D eigenvalue weighted by Gasteiger charge is -2.39. The van der Waals surface area contributed by atoms with Crippen LogP contribution in [-0.2, 0) is 0 Å². The number of methoxy groups -OCH3 is 1. The molecular weight excluding hydrogens is 416 g/mol. The molecule has 0 radical (unpaired) electrons. The van der Waals surface area contributed by atoms with Crippen LogP contribution < -0.4 is 10.1 Å². The average molecular weight is 441 g/mol. The van der Waals surface area contributed by atoms with Crippen molar-refractivity contribution >= 4 is 22.5 Å². The lowest BCUT2D eigenvalue weighted by molar-refractivity contribution is 0.0625. The first-order chi connectivity index (χ1) is 16.2. The Morgan fingerprint density at radius 1 is 1.06 bits per heavy atom. The van der Waals surface area contributed by atoms with Crippen molar-refractivity contribution in [3.8, 4) is 17.0 Å². The maximum Gasteiger partial charge on any atom is 0.257 e. The van der Waals surface area contributed by atoms with Crippen molar-refractivity contribution in [2.24, 2.45) is 0 Å². The van der Waals surface area contributed by atoms with E-state index in [1.807, 2.05) is 52.4 Å². The molecule has 1 saturated heterocycles. The largest absolute Gasteiger partial charge is 0.481 e. The fourth-order valence-corrected chi connectivity index (χ4v) is 4.22. The average Bonchev–Trinajstić information content (AvgIpc) is 3.56. The summed E-state index contributed by atoms with van der Waals surface area (Å²) in [6, 6.07) is 12.8. The third-order valence-electron chi connectivity index (χ3n) is 6.25. The van der Waals surface area contributed by atoms with Crippen LogP contribution in [-0.4, -0.2) is 56.8 Å². The van der Waals surface area contributed by atoms with E-state index >= 15 is 0 Å². The monoisotopic (exact) mass is 440 g/mol. The number of nitrogens with zero attached hydrogens (tertiary/aromatic N) is 5. The van der Waals surface area contributed by atoms with E-state index in [0.717, 1.165) is 40.6 Å². The van der Waals surface area contributed by atoms with Gasteiger partial charge in [-0.2, -0.15) is 5.10 Å². The zero-order valence-corrected chi connectivity index (χ0v) is 18.3. The molecule has 2 fully saturated rings. The van der Waals surface area contributed by atoms with Crippen LogP contribution in [0.1, 0.15) is 29.2 Å². The summed E-state index contributed by atoms with van der Waals surface area (Å²) < 4.78 is 7.12. The minimum absolute atomic E-state index is 0.0493. The zero-order valence-electron chi connectivity index (χ0n) is 18.3. The Balaban J connectivity index is 1.11. The lowest BCUT2D eigenvalue weighted by atomic mass is 10.0. The van der Waals surface area contributed by atoms with Gasteiger partial charge in [0, 0.05) is 48.7 Å². The molecule has 33 heavy (non-hydrogen) atoms. The smallest absolute Gasteiger partial charge is 0.257 e. The number of pyridine rings is 2. The van der Waals surface area contributed by atoms with Gasteiger partial charge in [0.05, 0.1) is 42.2 Å². The third kappa shape index (κ3) is 3.88. The number of nitrogens with one attached hydrogen (secondary N) is 1. The SMILES string of the molecule is COc1ccc2cc(-c3cncc(NC4CN(C(=O)c5cnn(C6CC6)c5)C4)c3)ccc2n1. The number of anilines is 1. The Labute approximate surface area is 191 Å². The van der Waals surface area contributed by atoms with E-state index in [9.17, 15) is 4.79 Å². The minimum atomic E-state index is 0.0493. The Morgan fingerprint density at radius 3 is 2.76 bits per heavy atom. The molecule has 4 heterocycles. The number of likely N-dealkylation sites (tertiary alicyclic amines) is 1. The van der Waals surface area contributed by atoms with Gasteiger partial charge < -0.3 is 15.0 Å². The van der Waals surface area contributed by atoms with Gasteiger partial charge in [0.25, 0.3) is 5.91 Å². The molecule has 1 aromatic carbocycles. The fourth-order valence-electron chi connectivity index (χ4n) is 4.22. The second kappa shape index (κ2) is 7.88. The first-order valence-corrected chi connectivity index (χ1v) is 11.2. The standard InChI is InChI=1S/C25H24N6O2/c1-33-24-7-3-17-8-16(2-6-23(17)29-24)18-9-20(12-26-10-18)28-21-14-30(15-21)25(32)19-11-27-31(13-19)22-4-5-22/h2-3,6-13,21-22,28H,4-5,14-15H2,1H3. The van der Waals surface area contributed by atoms with Crippen molar-refractivity contribution < 1.29 is 9.53 Å². The number of rotatable bonds is 6. The number of aromatic nitrogens is 4.